The normalized spacial score (nSPS) is 43.7. The van der Waals surface area contributed by atoms with Crippen molar-refractivity contribution >= 4 is 0 Å². The van der Waals surface area contributed by atoms with Crippen molar-refractivity contribution < 1.29 is 5.11 Å². The molecule has 1 unspecified atom stereocenters. The second kappa shape index (κ2) is 3.48. The predicted octanol–water partition coefficient (Wildman–Crippen LogP) is 3.71. The van der Waals surface area contributed by atoms with E-state index in [4.69, 9.17) is 0 Å². The van der Waals surface area contributed by atoms with Crippen LogP contribution in [0.15, 0.2) is 0 Å². The maximum atomic E-state index is 10.5. The fourth-order valence-electron chi connectivity index (χ4n) is 4.25. The van der Waals surface area contributed by atoms with E-state index < -0.39 is 0 Å². The standard InChI is InChI=1S/C15H28O/c1-9-11(13(16)14(2,3)4)7-10-8-12(9)15(10,5)6/h9-13,16H,7-8H2,1-6H3/t9-,10+,11+,12+,13?/m0/s1. The van der Waals surface area contributed by atoms with Gasteiger partial charge in [0.15, 0.2) is 0 Å². The molecule has 3 rings (SSSR count). The van der Waals surface area contributed by atoms with Gasteiger partial charge in [-0.3, -0.25) is 0 Å². The highest BCUT2D eigenvalue weighted by Crippen LogP contribution is 2.64. The van der Waals surface area contributed by atoms with Crippen LogP contribution in [0.1, 0.15) is 54.4 Å². The topological polar surface area (TPSA) is 20.2 Å². The van der Waals surface area contributed by atoms with Crippen molar-refractivity contribution in [1.29, 1.82) is 0 Å². The zero-order valence-corrected chi connectivity index (χ0v) is 11.7. The maximum absolute atomic E-state index is 10.5. The van der Waals surface area contributed by atoms with Crippen molar-refractivity contribution in [3.8, 4) is 0 Å². The Labute approximate surface area is 101 Å². The third kappa shape index (κ3) is 1.63. The van der Waals surface area contributed by atoms with Crippen LogP contribution >= 0.6 is 0 Å². The van der Waals surface area contributed by atoms with E-state index >= 15 is 0 Å². The molecular formula is C15H28O. The molecule has 3 aliphatic rings. The van der Waals surface area contributed by atoms with Gasteiger partial charge in [-0.25, -0.2) is 0 Å². The molecule has 1 N–H and O–H groups in total. The van der Waals surface area contributed by atoms with Gasteiger partial charge in [-0.15, -0.1) is 0 Å². The molecule has 1 heteroatoms. The van der Waals surface area contributed by atoms with Crippen LogP contribution in [0.25, 0.3) is 0 Å². The summed E-state index contributed by atoms with van der Waals surface area (Å²) in [6, 6.07) is 0. The Morgan fingerprint density at radius 1 is 1.19 bits per heavy atom. The largest absolute Gasteiger partial charge is 0.392 e. The van der Waals surface area contributed by atoms with Crippen LogP contribution in [0.5, 0.6) is 0 Å². The van der Waals surface area contributed by atoms with Gasteiger partial charge in [-0.1, -0.05) is 41.5 Å². The average Bonchev–Trinajstić information content (AvgIpc) is 2.14. The number of aliphatic hydroxyl groups is 1. The lowest BCUT2D eigenvalue weighted by molar-refractivity contribution is -0.166. The van der Waals surface area contributed by atoms with E-state index in [2.05, 4.69) is 41.5 Å². The smallest absolute Gasteiger partial charge is 0.0619 e. The van der Waals surface area contributed by atoms with Crippen LogP contribution in [-0.2, 0) is 0 Å². The van der Waals surface area contributed by atoms with E-state index in [0.29, 0.717) is 17.3 Å². The van der Waals surface area contributed by atoms with Gasteiger partial charge < -0.3 is 5.11 Å². The molecule has 3 aliphatic carbocycles. The first-order valence-corrected chi connectivity index (χ1v) is 6.83. The summed E-state index contributed by atoms with van der Waals surface area (Å²) in [4.78, 5) is 0. The molecule has 94 valence electrons. The van der Waals surface area contributed by atoms with E-state index in [0.717, 1.165) is 11.8 Å². The number of fused-ring (bicyclic) bond motifs is 2. The second-order valence-electron chi connectivity index (χ2n) is 7.93. The van der Waals surface area contributed by atoms with Crippen LogP contribution in [-0.4, -0.2) is 11.2 Å². The highest BCUT2D eigenvalue weighted by atomic mass is 16.3. The molecule has 0 heterocycles. The molecule has 1 nitrogen and oxygen atoms in total. The van der Waals surface area contributed by atoms with E-state index in [1.165, 1.54) is 12.8 Å². The Balaban J connectivity index is 2.12. The Morgan fingerprint density at radius 3 is 2.12 bits per heavy atom. The first-order chi connectivity index (χ1) is 7.15. The molecular weight excluding hydrogens is 196 g/mol. The van der Waals surface area contributed by atoms with E-state index in [1.807, 2.05) is 0 Å². The third-order valence-electron chi connectivity index (χ3n) is 5.71. The molecule has 3 fully saturated rings. The zero-order valence-electron chi connectivity index (χ0n) is 11.7. The fourth-order valence-corrected chi connectivity index (χ4v) is 4.25. The molecule has 5 atom stereocenters. The minimum absolute atomic E-state index is 0.0346. The van der Waals surface area contributed by atoms with Gasteiger partial charge in [0.25, 0.3) is 0 Å². The summed E-state index contributed by atoms with van der Waals surface area (Å²) >= 11 is 0. The third-order valence-corrected chi connectivity index (χ3v) is 5.71. The van der Waals surface area contributed by atoms with E-state index in [9.17, 15) is 5.11 Å². The number of hydrogen-bond acceptors (Lipinski definition) is 1. The highest BCUT2D eigenvalue weighted by Gasteiger charge is 2.57. The Kier molecular flexibility index (Phi) is 2.70. The lowest BCUT2D eigenvalue weighted by Gasteiger charge is -2.63. The summed E-state index contributed by atoms with van der Waals surface area (Å²) in [5.41, 5.74) is 0.570. The van der Waals surface area contributed by atoms with Crippen molar-refractivity contribution in [3.63, 3.8) is 0 Å². The minimum Gasteiger partial charge on any atom is -0.392 e. The van der Waals surface area contributed by atoms with Gasteiger partial charge >= 0.3 is 0 Å². The number of rotatable bonds is 1. The number of hydrogen-bond donors (Lipinski definition) is 1. The van der Waals surface area contributed by atoms with Crippen LogP contribution < -0.4 is 0 Å². The lowest BCUT2D eigenvalue weighted by Crippen LogP contribution is -2.58. The molecule has 3 saturated carbocycles. The van der Waals surface area contributed by atoms with Crippen LogP contribution in [0.3, 0.4) is 0 Å². The van der Waals surface area contributed by atoms with Crippen LogP contribution in [0.4, 0.5) is 0 Å². The van der Waals surface area contributed by atoms with Gasteiger partial charge in [0, 0.05) is 0 Å². The summed E-state index contributed by atoms with van der Waals surface area (Å²) < 4.78 is 0. The van der Waals surface area contributed by atoms with Crippen LogP contribution in [0, 0.1) is 34.5 Å². The van der Waals surface area contributed by atoms with Gasteiger partial charge in [0.05, 0.1) is 6.10 Å². The van der Waals surface area contributed by atoms with E-state index in [-0.39, 0.29) is 11.5 Å². The second-order valence-corrected chi connectivity index (χ2v) is 7.93. The molecule has 2 bridgehead atoms. The van der Waals surface area contributed by atoms with Crippen molar-refractivity contribution in [2.75, 3.05) is 0 Å². The number of aliphatic hydroxyl groups excluding tert-OH is 1. The molecule has 0 aromatic carbocycles. The summed E-state index contributed by atoms with van der Waals surface area (Å²) in [7, 11) is 0. The average molecular weight is 224 g/mol. The zero-order chi connectivity index (χ0) is 12.3. The Hall–Kier alpha value is -0.0400. The first kappa shape index (κ1) is 12.4. The van der Waals surface area contributed by atoms with E-state index in [1.54, 1.807) is 0 Å². The Morgan fingerprint density at radius 2 is 1.75 bits per heavy atom. The van der Waals surface area contributed by atoms with Gasteiger partial charge in [-0.05, 0) is 47.3 Å². The van der Waals surface area contributed by atoms with Crippen molar-refractivity contribution in [3.05, 3.63) is 0 Å². The molecule has 0 aromatic rings. The maximum Gasteiger partial charge on any atom is 0.0619 e. The highest BCUT2D eigenvalue weighted by molar-refractivity contribution is 5.06. The monoisotopic (exact) mass is 224 g/mol. The molecule has 0 spiro atoms. The van der Waals surface area contributed by atoms with Crippen molar-refractivity contribution in [2.24, 2.45) is 34.5 Å². The van der Waals surface area contributed by atoms with Crippen LogP contribution in [0.2, 0.25) is 0 Å². The minimum atomic E-state index is -0.135. The molecule has 0 saturated heterocycles. The SMILES string of the molecule is C[C@@H]1[C@H]2C[C@@H](C[C@H]1C(O)C(C)(C)C)C2(C)C. The van der Waals surface area contributed by atoms with Gasteiger partial charge in [0.2, 0.25) is 0 Å². The molecule has 0 amide bonds. The molecule has 0 radical (unpaired) electrons. The summed E-state index contributed by atoms with van der Waals surface area (Å²) in [6.45, 7) is 13.7. The summed E-state index contributed by atoms with van der Waals surface area (Å²) in [6.07, 6.45) is 2.51. The summed E-state index contributed by atoms with van der Waals surface area (Å²) in [5.74, 6) is 2.91. The van der Waals surface area contributed by atoms with Gasteiger partial charge in [0.1, 0.15) is 0 Å². The van der Waals surface area contributed by atoms with Crippen molar-refractivity contribution in [1.82, 2.24) is 0 Å². The molecule has 16 heavy (non-hydrogen) atoms. The Bertz CT molecular complexity index is 274. The first-order valence-electron chi connectivity index (χ1n) is 6.83. The summed E-state index contributed by atoms with van der Waals surface area (Å²) in [5, 5.41) is 10.5. The van der Waals surface area contributed by atoms with Gasteiger partial charge in [-0.2, -0.15) is 0 Å². The molecule has 0 aliphatic heterocycles. The van der Waals surface area contributed by atoms with Crippen molar-refractivity contribution in [2.45, 2.75) is 60.5 Å². The lowest BCUT2D eigenvalue weighted by atomic mass is 9.42. The fraction of sp³-hybridized carbons (Fsp3) is 1.00. The molecule has 0 aromatic heterocycles. The predicted molar refractivity (Wildman–Crippen MR) is 68.1 cm³/mol. The quantitative estimate of drug-likeness (QED) is 0.720.